The van der Waals surface area contributed by atoms with Gasteiger partial charge in [-0.2, -0.15) is 0 Å². The van der Waals surface area contributed by atoms with Gasteiger partial charge in [0.1, 0.15) is 17.8 Å². The zero-order chi connectivity index (χ0) is 19.1. The highest BCUT2D eigenvalue weighted by Crippen LogP contribution is 2.25. The van der Waals surface area contributed by atoms with Crippen LogP contribution in [0, 0.1) is 10.1 Å². The lowest BCUT2D eigenvalue weighted by Crippen LogP contribution is -2.38. The summed E-state index contributed by atoms with van der Waals surface area (Å²) >= 11 is 5.78. The Labute approximate surface area is 154 Å². The lowest BCUT2D eigenvalue weighted by atomic mass is 10.1. The van der Waals surface area contributed by atoms with Crippen molar-refractivity contribution in [3.8, 4) is 0 Å². The number of unbranched alkanes of at least 4 members (excludes halogenated alkanes) is 1. The Morgan fingerprint density at radius 1 is 1.38 bits per heavy atom. The van der Waals surface area contributed by atoms with E-state index in [0.29, 0.717) is 13.0 Å². The van der Waals surface area contributed by atoms with E-state index in [1.54, 1.807) is 0 Å². The van der Waals surface area contributed by atoms with E-state index >= 15 is 0 Å². The molecule has 26 heavy (non-hydrogen) atoms. The van der Waals surface area contributed by atoms with Crippen LogP contribution in [-0.4, -0.2) is 39.9 Å². The smallest absolute Gasteiger partial charge is 0.288 e. The molecular weight excluding hydrogens is 364 g/mol. The van der Waals surface area contributed by atoms with E-state index in [1.165, 1.54) is 29.4 Å². The number of nitro groups is 1. The van der Waals surface area contributed by atoms with Gasteiger partial charge < -0.3 is 14.7 Å². The molecule has 138 valence electrons. The number of hydrogen-bond donors (Lipinski definition) is 1. The van der Waals surface area contributed by atoms with Crippen LogP contribution in [0.3, 0.4) is 0 Å². The van der Waals surface area contributed by atoms with Crippen LogP contribution in [0.2, 0.25) is 5.02 Å². The van der Waals surface area contributed by atoms with Gasteiger partial charge >= 0.3 is 0 Å². The fourth-order valence-electron chi connectivity index (χ4n) is 2.20. The second-order valence-corrected chi connectivity index (χ2v) is 5.84. The van der Waals surface area contributed by atoms with Gasteiger partial charge in [-0.25, -0.2) is 0 Å². The predicted octanol–water partition coefficient (Wildman–Crippen LogP) is 3.12. The van der Waals surface area contributed by atoms with E-state index in [9.17, 15) is 19.7 Å². The van der Waals surface area contributed by atoms with Crippen LogP contribution < -0.4 is 5.32 Å². The summed E-state index contributed by atoms with van der Waals surface area (Å²) in [5, 5.41) is 17.0. The summed E-state index contributed by atoms with van der Waals surface area (Å²) < 4.78 is 4.63. The standard InChI is InChI=1S/C16H17ClN4O5/c1-2-3-7-20(10-15(22)18-14-6-8-26-19-14)16(23)11-4-5-12(17)13(9-11)21(24)25/h4-6,8-9H,2-3,7,10H2,1H3,(H,18,19,22). The number of amides is 2. The number of anilines is 1. The number of carbonyl (C=O) groups excluding carboxylic acids is 2. The van der Waals surface area contributed by atoms with Gasteiger partial charge in [0.25, 0.3) is 11.6 Å². The molecule has 1 aromatic carbocycles. The Bertz CT molecular complexity index is 794. The number of hydrogen-bond acceptors (Lipinski definition) is 6. The van der Waals surface area contributed by atoms with E-state index in [4.69, 9.17) is 11.6 Å². The minimum absolute atomic E-state index is 0.0598. The summed E-state index contributed by atoms with van der Waals surface area (Å²) in [4.78, 5) is 36.5. The molecule has 0 aliphatic rings. The fraction of sp³-hybridized carbons (Fsp3) is 0.312. The first-order valence-corrected chi connectivity index (χ1v) is 8.23. The van der Waals surface area contributed by atoms with Gasteiger partial charge in [0.15, 0.2) is 5.82 Å². The van der Waals surface area contributed by atoms with Crippen LogP contribution in [0.1, 0.15) is 30.1 Å². The highest BCUT2D eigenvalue weighted by molar-refractivity contribution is 6.32. The van der Waals surface area contributed by atoms with Gasteiger partial charge in [-0.3, -0.25) is 19.7 Å². The Balaban J connectivity index is 2.17. The molecule has 1 N–H and O–H groups in total. The van der Waals surface area contributed by atoms with Crippen molar-refractivity contribution in [3.05, 3.63) is 51.2 Å². The molecule has 2 aromatic rings. The van der Waals surface area contributed by atoms with Gasteiger partial charge in [-0.1, -0.05) is 30.1 Å². The van der Waals surface area contributed by atoms with Crippen molar-refractivity contribution in [2.45, 2.75) is 19.8 Å². The van der Waals surface area contributed by atoms with Gasteiger partial charge in [-0.15, -0.1) is 0 Å². The number of benzene rings is 1. The maximum Gasteiger partial charge on any atom is 0.288 e. The first-order valence-electron chi connectivity index (χ1n) is 7.85. The minimum atomic E-state index is -0.660. The number of rotatable bonds is 8. The molecule has 0 bridgehead atoms. The van der Waals surface area contributed by atoms with Gasteiger partial charge in [0.05, 0.1) is 4.92 Å². The summed E-state index contributed by atoms with van der Waals surface area (Å²) in [6.07, 6.45) is 2.80. The fourth-order valence-corrected chi connectivity index (χ4v) is 2.39. The van der Waals surface area contributed by atoms with E-state index < -0.39 is 16.7 Å². The normalized spacial score (nSPS) is 10.4. The lowest BCUT2D eigenvalue weighted by Gasteiger charge is -2.22. The number of halogens is 1. The van der Waals surface area contributed by atoms with Crippen molar-refractivity contribution in [1.82, 2.24) is 10.1 Å². The predicted molar refractivity (Wildman–Crippen MR) is 94.1 cm³/mol. The molecule has 0 spiro atoms. The third kappa shape index (κ3) is 5.03. The third-order valence-corrected chi connectivity index (χ3v) is 3.82. The van der Waals surface area contributed by atoms with E-state index in [2.05, 4.69) is 15.0 Å². The van der Waals surface area contributed by atoms with Gasteiger partial charge in [0, 0.05) is 24.2 Å². The SMILES string of the molecule is CCCCN(CC(=O)Nc1ccon1)C(=O)c1ccc(Cl)c([N+](=O)[O-])c1. The molecule has 1 heterocycles. The van der Waals surface area contributed by atoms with Crippen molar-refractivity contribution < 1.29 is 19.0 Å². The minimum Gasteiger partial charge on any atom is -0.363 e. The highest BCUT2D eigenvalue weighted by atomic mass is 35.5. The maximum atomic E-state index is 12.7. The quantitative estimate of drug-likeness (QED) is 0.555. The Morgan fingerprint density at radius 3 is 2.77 bits per heavy atom. The number of nitrogens with zero attached hydrogens (tertiary/aromatic N) is 3. The van der Waals surface area contributed by atoms with Crippen molar-refractivity contribution in [2.75, 3.05) is 18.4 Å². The Hall–Kier alpha value is -2.94. The van der Waals surface area contributed by atoms with Crippen LogP contribution in [0.25, 0.3) is 0 Å². The molecule has 0 atom stereocenters. The summed E-state index contributed by atoms with van der Waals surface area (Å²) in [5.41, 5.74) is -0.272. The summed E-state index contributed by atoms with van der Waals surface area (Å²) in [6, 6.07) is 5.27. The van der Waals surface area contributed by atoms with E-state index in [0.717, 1.165) is 12.5 Å². The third-order valence-electron chi connectivity index (χ3n) is 3.50. The van der Waals surface area contributed by atoms with Crippen LogP contribution in [-0.2, 0) is 4.79 Å². The average molecular weight is 381 g/mol. The van der Waals surface area contributed by atoms with Crippen LogP contribution >= 0.6 is 11.6 Å². The number of carbonyl (C=O) groups is 2. The first-order chi connectivity index (χ1) is 12.4. The van der Waals surface area contributed by atoms with Crippen LogP contribution in [0.5, 0.6) is 0 Å². The van der Waals surface area contributed by atoms with Crippen molar-refractivity contribution >= 4 is 34.9 Å². The monoisotopic (exact) mass is 380 g/mol. The highest BCUT2D eigenvalue weighted by Gasteiger charge is 2.22. The molecule has 1 aromatic heterocycles. The molecule has 0 radical (unpaired) electrons. The molecule has 2 amide bonds. The molecule has 0 saturated carbocycles. The van der Waals surface area contributed by atoms with Gasteiger partial charge in [0.2, 0.25) is 5.91 Å². The summed E-state index contributed by atoms with van der Waals surface area (Å²) in [6.45, 7) is 2.06. The molecule has 0 unspecified atom stereocenters. The van der Waals surface area contributed by atoms with E-state index in [1.807, 2.05) is 6.92 Å². The number of nitro benzene ring substituents is 1. The molecule has 0 saturated heterocycles. The topological polar surface area (TPSA) is 119 Å². The number of nitrogens with one attached hydrogen (secondary N) is 1. The van der Waals surface area contributed by atoms with Crippen molar-refractivity contribution in [2.24, 2.45) is 0 Å². The Morgan fingerprint density at radius 2 is 2.15 bits per heavy atom. The zero-order valence-corrected chi connectivity index (χ0v) is 14.7. The van der Waals surface area contributed by atoms with Gasteiger partial charge in [-0.05, 0) is 18.6 Å². The molecule has 10 heteroatoms. The molecule has 0 aliphatic heterocycles. The number of aromatic nitrogens is 1. The largest absolute Gasteiger partial charge is 0.363 e. The molecule has 2 rings (SSSR count). The van der Waals surface area contributed by atoms with Crippen molar-refractivity contribution in [3.63, 3.8) is 0 Å². The zero-order valence-electron chi connectivity index (χ0n) is 14.0. The van der Waals surface area contributed by atoms with Crippen LogP contribution in [0.4, 0.5) is 11.5 Å². The van der Waals surface area contributed by atoms with Crippen LogP contribution in [0.15, 0.2) is 35.1 Å². The Kier molecular flexibility index (Phi) is 6.67. The molecular formula is C16H17ClN4O5. The molecule has 9 nitrogen and oxygen atoms in total. The average Bonchev–Trinajstić information content (AvgIpc) is 3.11. The second-order valence-electron chi connectivity index (χ2n) is 5.44. The summed E-state index contributed by atoms with van der Waals surface area (Å²) in [7, 11) is 0. The van der Waals surface area contributed by atoms with Crippen molar-refractivity contribution in [1.29, 1.82) is 0 Å². The first kappa shape index (κ1) is 19.4. The lowest BCUT2D eigenvalue weighted by molar-refractivity contribution is -0.384. The van der Waals surface area contributed by atoms with E-state index in [-0.39, 0.29) is 28.6 Å². The second kappa shape index (κ2) is 8.95. The summed E-state index contributed by atoms with van der Waals surface area (Å²) in [5.74, 6) is -0.708. The molecule has 0 fully saturated rings. The maximum absolute atomic E-state index is 12.7. The molecule has 0 aliphatic carbocycles.